The van der Waals surface area contributed by atoms with Gasteiger partial charge in [-0.2, -0.15) is 0 Å². The van der Waals surface area contributed by atoms with Crippen LogP contribution in [-0.4, -0.2) is 12.5 Å². The number of halogens is 1. The Balaban J connectivity index is 1.83. The van der Waals surface area contributed by atoms with Crippen molar-refractivity contribution < 1.29 is 13.6 Å². The smallest absolute Gasteiger partial charge is 0.244 e. The second-order valence-corrected chi connectivity index (χ2v) is 4.98. The highest BCUT2D eigenvalue weighted by molar-refractivity contribution is 5.91. The summed E-state index contributed by atoms with van der Waals surface area (Å²) in [6, 6.07) is 9.95. The van der Waals surface area contributed by atoms with Crippen LogP contribution in [0.15, 0.2) is 46.9 Å². The minimum atomic E-state index is -0.258. The van der Waals surface area contributed by atoms with Gasteiger partial charge in [0.05, 0.1) is 0 Å². The summed E-state index contributed by atoms with van der Waals surface area (Å²) in [6.07, 6.45) is 3.07. The van der Waals surface area contributed by atoms with E-state index >= 15 is 0 Å². The van der Waals surface area contributed by atoms with E-state index in [1.165, 1.54) is 18.2 Å². The first-order chi connectivity index (χ1) is 10.0. The maximum absolute atomic E-state index is 12.8. The number of carbonyl (C=O) groups is 1. The molecule has 1 unspecified atom stereocenters. The molecule has 110 valence electrons. The zero-order valence-corrected chi connectivity index (χ0v) is 12.1. The number of amides is 1. The highest BCUT2D eigenvalue weighted by Crippen LogP contribution is 2.14. The Morgan fingerprint density at radius 3 is 2.62 bits per heavy atom. The van der Waals surface area contributed by atoms with E-state index in [2.05, 4.69) is 5.32 Å². The monoisotopic (exact) mass is 287 g/mol. The molecule has 1 amide bonds. The van der Waals surface area contributed by atoms with Crippen molar-refractivity contribution in [2.45, 2.75) is 19.8 Å². The normalized spacial score (nSPS) is 12.5. The van der Waals surface area contributed by atoms with Gasteiger partial charge in [0.2, 0.25) is 5.91 Å². The maximum atomic E-state index is 12.8. The van der Waals surface area contributed by atoms with Crippen molar-refractivity contribution in [1.82, 2.24) is 5.32 Å². The Labute approximate surface area is 123 Å². The second-order valence-electron chi connectivity index (χ2n) is 4.98. The van der Waals surface area contributed by atoms with E-state index in [-0.39, 0.29) is 17.6 Å². The molecular formula is C17H18FNO2. The third kappa shape index (κ3) is 4.60. The molecule has 2 rings (SSSR count). The van der Waals surface area contributed by atoms with Crippen LogP contribution in [0.3, 0.4) is 0 Å². The van der Waals surface area contributed by atoms with Crippen LogP contribution < -0.4 is 5.32 Å². The zero-order valence-electron chi connectivity index (χ0n) is 12.1. The first-order valence-corrected chi connectivity index (χ1v) is 6.82. The average Bonchev–Trinajstić information content (AvgIpc) is 2.89. The van der Waals surface area contributed by atoms with E-state index < -0.39 is 0 Å². The molecule has 0 aliphatic rings. The predicted molar refractivity (Wildman–Crippen MR) is 80.3 cm³/mol. The van der Waals surface area contributed by atoms with Gasteiger partial charge in [-0.3, -0.25) is 4.79 Å². The summed E-state index contributed by atoms with van der Waals surface area (Å²) in [4.78, 5) is 11.7. The van der Waals surface area contributed by atoms with Gasteiger partial charge in [-0.25, -0.2) is 4.39 Å². The molecule has 0 saturated carbocycles. The lowest BCUT2D eigenvalue weighted by molar-refractivity contribution is -0.116. The average molecular weight is 287 g/mol. The second kappa shape index (κ2) is 6.88. The molecule has 3 nitrogen and oxygen atoms in total. The van der Waals surface area contributed by atoms with Crippen LogP contribution in [0.25, 0.3) is 6.08 Å². The maximum Gasteiger partial charge on any atom is 0.244 e. The molecule has 0 fully saturated rings. The number of hydrogen-bond donors (Lipinski definition) is 1. The Hall–Kier alpha value is -2.36. The topological polar surface area (TPSA) is 42.2 Å². The standard InChI is InChI=1S/C17H18FNO2/c1-12(14-4-6-15(18)7-5-14)11-19-17(20)10-9-16-8-3-13(2)21-16/h3-10,12H,11H2,1-2H3,(H,19,20)/b10-9+. The lowest BCUT2D eigenvalue weighted by atomic mass is 10.0. The molecule has 0 aliphatic carbocycles. The van der Waals surface area contributed by atoms with Gasteiger partial charge in [-0.05, 0) is 48.7 Å². The van der Waals surface area contributed by atoms with Crippen molar-refractivity contribution in [3.63, 3.8) is 0 Å². The van der Waals surface area contributed by atoms with Crippen LogP contribution in [0.2, 0.25) is 0 Å². The molecular weight excluding hydrogens is 269 g/mol. The highest BCUT2D eigenvalue weighted by atomic mass is 19.1. The van der Waals surface area contributed by atoms with Crippen LogP contribution in [0, 0.1) is 12.7 Å². The van der Waals surface area contributed by atoms with E-state index in [9.17, 15) is 9.18 Å². The summed E-state index contributed by atoms with van der Waals surface area (Å²) < 4.78 is 18.2. The highest BCUT2D eigenvalue weighted by Gasteiger charge is 2.06. The summed E-state index contributed by atoms with van der Waals surface area (Å²) in [5, 5.41) is 2.81. The number of benzene rings is 1. The Morgan fingerprint density at radius 1 is 1.29 bits per heavy atom. The minimum absolute atomic E-state index is 0.119. The van der Waals surface area contributed by atoms with Gasteiger partial charge in [0, 0.05) is 12.6 Å². The minimum Gasteiger partial charge on any atom is -0.462 e. The number of rotatable bonds is 5. The molecule has 1 aromatic heterocycles. The predicted octanol–water partition coefficient (Wildman–Crippen LogP) is 3.66. The number of hydrogen-bond acceptors (Lipinski definition) is 2. The van der Waals surface area contributed by atoms with Crippen LogP contribution in [0.5, 0.6) is 0 Å². The number of aryl methyl sites for hydroxylation is 1. The van der Waals surface area contributed by atoms with E-state index in [1.807, 2.05) is 19.9 Å². The molecule has 0 bridgehead atoms. The summed E-state index contributed by atoms with van der Waals surface area (Å²) in [5.41, 5.74) is 0.988. The van der Waals surface area contributed by atoms with E-state index in [4.69, 9.17) is 4.42 Å². The molecule has 21 heavy (non-hydrogen) atoms. The molecule has 0 aliphatic heterocycles. The Bertz CT molecular complexity index is 628. The fourth-order valence-corrected chi connectivity index (χ4v) is 1.92. The number of nitrogens with one attached hydrogen (secondary N) is 1. The van der Waals surface area contributed by atoms with Crippen LogP contribution in [0.1, 0.15) is 29.9 Å². The Kier molecular flexibility index (Phi) is 4.93. The molecule has 1 aromatic carbocycles. The lowest BCUT2D eigenvalue weighted by Crippen LogP contribution is -2.25. The van der Waals surface area contributed by atoms with Gasteiger partial charge in [-0.1, -0.05) is 19.1 Å². The zero-order chi connectivity index (χ0) is 15.2. The van der Waals surface area contributed by atoms with Crippen molar-refractivity contribution in [3.8, 4) is 0 Å². The van der Waals surface area contributed by atoms with Crippen LogP contribution >= 0.6 is 0 Å². The fraction of sp³-hybridized carbons (Fsp3) is 0.235. The van der Waals surface area contributed by atoms with Gasteiger partial charge in [0.15, 0.2) is 0 Å². The van der Waals surface area contributed by atoms with E-state index in [0.717, 1.165) is 11.3 Å². The van der Waals surface area contributed by atoms with Gasteiger partial charge >= 0.3 is 0 Å². The van der Waals surface area contributed by atoms with Crippen LogP contribution in [0.4, 0.5) is 4.39 Å². The summed E-state index contributed by atoms with van der Waals surface area (Å²) in [5.74, 6) is 1.13. The third-order valence-electron chi connectivity index (χ3n) is 3.18. The van der Waals surface area contributed by atoms with Gasteiger partial charge in [0.1, 0.15) is 17.3 Å². The molecule has 0 spiro atoms. The van der Waals surface area contributed by atoms with Crippen molar-refractivity contribution >= 4 is 12.0 Å². The molecule has 0 saturated heterocycles. The fourth-order valence-electron chi connectivity index (χ4n) is 1.92. The van der Waals surface area contributed by atoms with Gasteiger partial charge in [0.25, 0.3) is 0 Å². The first-order valence-electron chi connectivity index (χ1n) is 6.82. The molecule has 1 N–H and O–H groups in total. The van der Waals surface area contributed by atoms with Crippen LogP contribution in [-0.2, 0) is 4.79 Å². The van der Waals surface area contributed by atoms with Gasteiger partial charge < -0.3 is 9.73 Å². The van der Waals surface area contributed by atoms with E-state index in [0.29, 0.717) is 12.3 Å². The summed E-state index contributed by atoms with van der Waals surface area (Å²) in [6.45, 7) is 4.32. The van der Waals surface area contributed by atoms with Crippen molar-refractivity contribution in [3.05, 3.63) is 65.4 Å². The van der Waals surface area contributed by atoms with Crippen molar-refractivity contribution in [2.24, 2.45) is 0 Å². The number of furan rings is 1. The third-order valence-corrected chi connectivity index (χ3v) is 3.18. The quantitative estimate of drug-likeness (QED) is 0.853. The molecule has 4 heteroatoms. The van der Waals surface area contributed by atoms with Gasteiger partial charge in [-0.15, -0.1) is 0 Å². The summed E-state index contributed by atoms with van der Waals surface area (Å²) >= 11 is 0. The van der Waals surface area contributed by atoms with Crippen molar-refractivity contribution in [2.75, 3.05) is 6.54 Å². The molecule has 1 heterocycles. The summed E-state index contributed by atoms with van der Waals surface area (Å²) in [7, 11) is 0. The molecule has 1 atom stereocenters. The first kappa shape index (κ1) is 15.0. The largest absolute Gasteiger partial charge is 0.462 e. The Morgan fingerprint density at radius 2 is 2.00 bits per heavy atom. The molecule has 2 aromatic rings. The number of carbonyl (C=O) groups excluding carboxylic acids is 1. The SMILES string of the molecule is Cc1ccc(/C=C/C(=O)NCC(C)c2ccc(F)cc2)o1. The lowest BCUT2D eigenvalue weighted by Gasteiger charge is -2.12. The van der Waals surface area contributed by atoms with E-state index in [1.54, 1.807) is 24.3 Å². The van der Waals surface area contributed by atoms with Crippen molar-refractivity contribution in [1.29, 1.82) is 0 Å². The molecule has 0 radical (unpaired) electrons.